The van der Waals surface area contributed by atoms with E-state index in [1.807, 2.05) is 49.0 Å². The molecule has 97 valence electrons. The van der Waals surface area contributed by atoms with Crippen molar-refractivity contribution >= 4 is 37.8 Å². The van der Waals surface area contributed by atoms with E-state index < -0.39 is 0 Å². The predicted octanol–water partition coefficient (Wildman–Crippen LogP) is 1.66. The van der Waals surface area contributed by atoms with E-state index in [1.165, 1.54) is 0 Å². The van der Waals surface area contributed by atoms with Crippen molar-refractivity contribution in [1.29, 1.82) is 0 Å². The van der Waals surface area contributed by atoms with E-state index in [-0.39, 0.29) is 7.12 Å². The quantitative estimate of drug-likeness (QED) is 0.870. The van der Waals surface area contributed by atoms with Gasteiger partial charge in [-0.2, -0.15) is 0 Å². The third-order valence-electron chi connectivity index (χ3n) is 2.91. The molecule has 0 atom stereocenters. The average molecular weight is 294 g/mol. The maximum atomic E-state index is 5.62. The normalized spacial score (nSPS) is 15.1. The zero-order chi connectivity index (χ0) is 13.6. The molecule has 0 aliphatic carbocycles. The second-order valence-corrected chi connectivity index (χ2v) is 6.82. The van der Waals surface area contributed by atoms with Gasteiger partial charge < -0.3 is 14.0 Å². The number of hydrogen-bond donors (Lipinski definition) is 1. The van der Waals surface area contributed by atoms with Crippen molar-refractivity contribution in [2.75, 3.05) is 5.32 Å². The van der Waals surface area contributed by atoms with Gasteiger partial charge in [0.1, 0.15) is 0 Å². The highest BCUT2D eigenvalue weighted by Crippen LogP contribution is 2.10. The summed E-state index contributed by atoms with van der Waals surface area (Å²) in [6.45, 7) is 1.99. The first kappa shape index (κ1) is 13.6. The molecule has 1 fully saturated rings. The number of anilines is 1. The summed E-state index contributed by atoms with van der Waals surface area (Å²) in [4.78, 5) is 0. The van der Waals surface area contributed by atoms with Gasteiger partial charge in [0, 0.05) is 5.69 Å². The number of rotatable bonds is 4. The summed E-state index contributed by atoms with van der Waals surface area (Å²) >= 11 is 0. The van der Waals surface area contributed by atoms with Crippen LogP contribution in [0.3, 0.4) is 0 Å². The zero-order valence-electron chi connectivity index (χ0n) is 10.9. The Morgan fingerprint density at radius 2 is 1.65 bits per heavy atom. The molecule has 0 bridgehead atoms. The highest BCUT2D eigenvalue weighted by atomic mass is 28.3. The van der Waals surface area contributed by atoms with Gasteiger partial charge in [0.25, 0.3) is 0 Å². The maximum absolute atomic E-state index is 5.62. The molecule has 3 nitrogen and oxygen atoms in total. The highest BCUT2D eigenvalue weighted by molar-refractivity contribution is 6.75. The fourth-order valence-corrected chi connectivity index (χ4v) is 3.55. The fraction of sp³-hybridized carbons (Fsp3) is 0.0714. The Balaban J connectivity index is 1.58. The molecule has 5 radical (unpaired) electrons. The Morgan fingerprint density at radius 3 is 2.35 bits per heavy atom. The van der Waals surface area contributed by atoms with Crippen LogP contribution < -0.4 is 10.8 Å². The van der Waals surface area contributed by atoms with Crippen LogP contribution >= 0.6 is 0 Å². The van der Waals surface area contributed by atoms with E-state index in [4.69, 9.17) is 8.69 Å². The van der Waals surface area contributed by atoms with Crippen LogP contribution in [-0.4, -0.2) is 26.6 Å². The van der Waals surface area contributed by atoms with E-state index in [2.05, 4.69) is 17.4 Å². The van der Waals surface area contributed by atoms with Crippen LogP contribution in [0.5, 0.6) is 0 Å². The number of benzene rings is 2. The first-order chi connectivity index (χ1) is 9.92. The minimum absolute atomic E-state index is 0.187. The highest BCUT2D eigenvalue weighted by Gasteiger charge is 2.24. The molecular formula is C14H13BNO2Si2. The van der Waals surface area contributed by atoms with Crippen molar-refractivity contribution < 1.29 is 8.69 Å². The van der Waals surface area contributed by atoms with Crippen LogP contribution in [0, 0.1) is 6.54 Å². The molecule has 3 rings (SSSR count). The monoisotopic (exact) mass is 294 g/mol. The van der Waals surface area contributed by atoms with Gasteiger partial charge in [-0.15, -0.1) is 0 Å². The average Bonchev–Trinajstić information content (AvgIpc) is 2.55. The van der Waals surface area contributed by atoms with Gasteiger partial charge in [0.2, 0.25) is 19.5 Å². The molecule has 1 saturated heterocycles. The predicted molar refractivity (Wildman–Crippen MR) is 83.8 cm³/mol. The SMILES string of the molecule is [CH](Nc1ccc(B2O[Si]C[Si]O2)cc1)c1ccccc1. The fourth-order valence-electron chi connectivity index (χ4n) is 1.88. The van der Waals surface area contributed by atoms with E-state index >= 15 is 0 Å². The van der Waals surface area contributed by atoms with E-state index in [0.717, 1.165) is 22.4 Å². The zero-order valence-corrected chi connectivity index (χ0v) is 12.9. The second-order valence-electron chi connectivity index (χ2n) is 4.35. The lowest BCUT2D eigenvalue weighted by Crippen LogP contribution is -2.42. The van der Waals surface area contributed by atoms with Crippen molar-refractivity contribution in [3.63, 3.8) is 0 Å². The Kier molecular flexibility index (Phi) is 4.70. The molecule has 2 aromatic rings. The van der Waals surface area contributed by atoms with Gasteiger partial charge in [-0.1, -0.05) is 42.5 Å². The molecule has 0 amide bonds. The van der Waals surface area contributed by atoms with Gasteiger partial charge in [0.15, 0.2) is 0 Å². The van der Waals surface area contributed by atoms with Crippen LogP contribution in [0.25, 0.3) is 0 Å². The molecule has 0 spiro atoms. The summed E-state index contributed by atoms with van der Waals surface area (Å²) in [6.07, 6.45) is 0. The standard InChI is InChI=1S/C14H13BNO2Si2/c1-2-4-12(5-3-1)10-16-14-8-6-13(7-9-14)15-17-19-11-20-18-15/h1-10,16H,11H2. The van der Waals surface area contributed by atoms with Gasteiger partial charge in [0.05, 0.1) is 6.54 Å². The Bertz CT molecular complexity index is 533. The van der Waals surface area contributed by atoms with Gasteiger partial charge >= 0.3 is 7.12 Å². The van der Waals surface area contributed by atoms with Gasteiger partial charge in [-0.25, -0.2) is 0 Å². The summed E-state index contributed by atoms with van der Waals surface area (Å²) in [5.74, 6) is 0. The molecule has 1 heterocycles. The minimum atomic E-state index is -0.187. The molecule has 0 saturated carbocycles. The summed E-state index contributed by atoms with van der Waals surface area (Å²) in [5, 5.41) is 3.29. The lowest BCUT2D eigenvalue weighted by molar-refractivity contribution is 0.457. The van der Waals surface area contributed by atoms with Crippen molar-refractivity contribution in [3.05, 3.63) is 66.7 Å². The molecule has 1 N–H and O–H groups in total. The minimum Gasteiger partial charge on any atom is -0.451 e. The molecule has 6 heteroatoms. The van der Waals surface area contributed by atoms with Crippen LogP contribution in [0.1, 0.15) is 5.56 Å². The Morgan fingerprint density at radius 1 is 0.950 bits per heavy atom. The lowest BCUT2D eigenvalue weighted by atomic mass is 9.80. The molecular weight excluding hydrogens is 281 g/mol. The third kappa shape index (κ3) is 3.61. The maximum Gasteiger partial charge on any atom is 0.471 e. The van der Waals surface area contributed by atoms with Crippen LogP contribution in [0.4, 0.5) is 5.69 Å². The number of hydrogen-bond acceptors (Lipinski definition) is 3. The third-order valence-corrected chi connectivity index (χ3v) is 4.83. The lowest BCUT2D eigenvalue weighted by Gasteiger charge is -2.18. The van der Waals surface area contributed by atoms with Crippen LogP contribution in [0.2, 0.25) is 5.67 Å². The largest absolute Gasteiger partial charge is 0.471 e. The summed E-state index contributed by atoms with van der Waals surface area (Å²) in [7, 11) is 0.916. The van der Waals surface area contributed by atoms with Crippen molar-refractivity contribution in [1.82, 2.24) is 0 Å². The summed E-state index contributed by atoms with van der Waals surface area (Å²) in [5.41, 5.74) is 4.31. The van der Waals surface area contributed by atoms with Crippen molar-refractivity contribution in [2.24, 2.45) is 0 Å². The van der Waals surface area contributed by atoms with Crippen LogP contribution in [-0.2, 0) is 8.69 Å². The molecule has 0 unspecified atom stereocenters. The van der Waals surface area contributed by atoms with E-state index in [9.17, 15) is 0 Å². The van der Waals surface area contributed by atoms with E-state index in [0.29, 0.717) is 19.5 Å². The molecule has 2 aromatic carbocycles. The summed E-state index contributed by atoms with van der Waals surface area (Å²) in [6, 6.07) is 18.4. The second kappa shape index (κ2) is 6.90. The van der Waals surface area contributed by atoms with Crippen LogP contribution in [0.15, 0.2) is 54.6 Å². The van der Waals surface area contributed by atoms with E-state index in [1.54, 1.807) is 0 Å². The first-order valence-electron chi connectivity index (χ1n) is 6.43. The molecule has 0 aromatic heterocycles. The smallest absolute Gasteiger partial charge is 0.451 e. The number of nitrogens with one attached hydrogen (secondary N) is 1. The topological polar surface area (TPSA) is 30.5 Å². The van der Waals surface area contributed by atoms with Crippen molar-refractivity contribution in [3.8, 4) is 0 Å². The molecule has 1 aliphatic heterocycles. The first-order valence-corrected chi connectivity index (χ1v) is 8.67. The van der Waals surface area contributed by atoms with Gasteiger partial charge in [-0.05, 0) is 28.8 Å². The Labute approximate surface area is 124 Å². The summed E-state index contributed by atoms with van der Waals surface area (Å²) < 4.78 is 11.2. The Hall–Kier alpha value is -1.34. The van der Waals surface area contributed by atoms with Crippen molar-refractivity contribution in [2.45, 2.75) is 5.67 Å². The molecule has 20 heavy (non-hydrogen) atoms. The van der Waals surface area contributed by atoms with Gasteiger partial charge in [-0.3, -0.25) is 0 Å². The molecule has 1 aliphatic rings.